The molecule has 0 bridgehead atoms. The third kappa shape index (κ3) is 3.57. The first-order chi connectivity index (χ1) is 9.72. The average Bonchev–Trinajstić information content (AvgIpc) is 3.25. The summed E-state index contributed by atoms with van der Waals surface area (Å²) in [7, 11) is 0. The van der Waals surface area contributed by atoms with Crippen LogP contribution in [0.4, 0.5) is 0 Å². The van der Waals surface area contributed by atoms with Gasteiger partial charge in [-0.1, -0.05) is 36.5 Å². The molecule has 3 rings (SSSR count). The second-order valence-electron chi connectivity index (χ2n) is 6.04. The standard InChI is InChI=1S/C16H23N3S/c17-16(20)15-4-2-1-3-14(15)12-19-9-7-18(8-10-19)11-13-5-6-13/h1-4,13H,5-12H2,(H2,17,20). The zero-order valence-electron chi connectivity index (χ0n) is 11.9. The lowest BCUT2D eigenvalue weighted by atomic mass is 10.1. The van der Waals surface area contributed by atoms with Gasteiger partial charge in [0.2, 0.25) is 0 Å². The minimum Gasteiger partial charge on any atom is -0.389 e. The van der Waals surface area contributed by atoms with E-state index < -0.39 is 0 Å². The van der Waals surface area contributed by atoms with E-state index in [4.69, 9.17) is 18.0 Å². The van der Waals surface area contributed by atoms with Gasteiger partial charge in [-0.2, -0.15) is 0 Å². The van der Waals surface area contributed by atoms with Crippen LogP contribution in [0.15, 0.2) is 24.3 Å². The molecule has 1 saturated carbocycles. The van der Waals surface area contributed by atoms with E-state index in [9.17, 15) is 0 Å². The summed E-state index contributed by atoms with van der Waals surface area (Å²) in [6.45, 7) is 6.98. The van der Waals surface area contributed by atoms with Gasteiger partial charge in [-0.3, -0.25) is 4.90 Å². The van der Waals surface area contributed by atoms with Crippen LogP contribution < -0.4 is 5.73 Å². The Morgan fingerprint density at radius 2 is 1.75 bits per heavy atom. The van der Waals surface area contributed by atoms with E-state index in [1.807, 2.05) is 12.1 Å². The van der Waals surface area contributed by atoms with Crippen LogP contribution >= 0.6 is 12.2 Å². The third-order valence-corrected chi connectivity index (χ3v) is 4.57. The van der Waals surface area contributed by atoms with Crippen molar-refractivity contribution in [1.29, 1.82) is 0 Å². The van der Waals surface area contributed by atoms with E-state index in [1.54, 1.807) is 0 Å². The van der Waals surface area contributed by atoms with Crippen molar-refractivity contribution in [3.05, 3.63) is 35.4 Å². The van der Waals surface area contributed by atoms with Crippen molar-refractivity contribution in [2.45, 2.75) is 19.4 Å². The minimum atomic E-state index is 0.507. The lowest BCUT2D eigenvalue weighted by Gasteiger charge is -2.35. The van der Waals surface area contributed by atoms with Crippen LogP contribution in [0.25, 0.3) is 0 Å². The van der Waals surface area contributed by atoms with Gasteiger partial charge in [0.25, 0.3) is 0 Å². The van der Waals surface area contributed by atoms with Crippen LogP contribution in [0.1, 0.15) is 24.0 Å². The fraction of sp³-hybridized carbons (Fsp3) is 0.562. The molecule has 2 fully saturated rings. The van der Waals surface area contributed by atoms with Gasteiger partial charge in [-0.25, -0.2) is 0 Å². The number of piperazine rings is 1. The summed E-state index contributed by atoms with van der Waals surface area (Å²) in [6, 6.07) is 8.25. The minimum absolute atomic E-state index is 0.507. The van der Waals surface area contributed by atoms with Gasteiger partial charge in [0, 0.05) is 44.8 Å². The van der Waals surface area contributed by atoms with Crippen molar-refractivity contribution in [1.82, 2.24) is 9.80 Å². The Bertz CT molecular complexity index is 476. The highest BCUT2D eigenvalue weighted by atomic mass is 32.1. The predicted octanol–water partition coefficient (Wildman–Crippen LogP) is 1.85. The maximum absolute atomic E-state index is 5.81. The van der Waals surface area contributed by atoms with Crippen LogP contribution in [-0.2, 0) is 6.54 Å². The fourth-order valence-corrected chi connectivity index (χ4v) is 3.13. The summed E-state index contributed by atoms with van der Waals surface area (Å²) in [5, 5.41) is 0. The zero-order valence-corrected chi connectivity index (χ0v) is 12.7. The van der Waals surface area contributed by atoms with Crippen LogP contribution in [0.2, 0.25) is 0 Å². The molecule has 0 unspecified atom stereocenters. The molecular weight excluding hydrogens is 266 g/mol. The van der Waals surface area contributed by atoms with Crippen LogP contribution in [-0.4, -0.2) is 47.5 Å². The van der Waals surface area contributed by atoms with Gasteiger partial charge in [0.1, 0.15) is 4.99 Å². The van der Waals surface area contributed by atoms with E-state index in [1.165, 1.54) is 38.0 Å². The maximum atomic E-state index is 5.81. The number of thiocarbonyl (C=S) groups is 1. The van der Waals surface area contributed by atoms with Crippen molar-refractivity contribution in [2.24, 2.45) is 11.7 Å². The highest BCUT2D eigenvalue weighted by Gasteiger charge is 2.26. The second-order valence-corrected chi connectivity index (χ2v) is 6.48. The number of rotatable bonds is 5. The average molecular weight is 289 g/mol. The molecule has 20 heavy (non-hydrogen) atoms. The molecule has 1 aliphatic carbocycles. The molecule has 108 valence electrons. The number of nitrogens with zero attached hydrogens (tertiary/aromatic N) is 2. The summed E-state index contributed by atoms with van der Waals surface area (Å²) in [5.41, 5.74) is 8.10. The van der Waals surface area contributed by atoms with Crippen molar-refractivity contribution < 1.29 is 0 Å². The highest BCUT2D eigenvalue weighted by molar-refractivity contribution is 7.80. The number of hydrogen-bond donors (Lipinski definition) is 1. The van der Waals surface area contributed by atoms with E-state index in [-0.39, 0.29) is 0 Å². The van der Waals surface area contributed by atoms with Crippen molar-refractivity contribution >= 4 is 17.2 Å². The van der Waals surface area contributed by atoms with Gasteiger partial charge in [0.05, 0.1) is 0 Å². The Morgan fingerprint density at radius 3 is 2.40 bits per heavy atom. The fourth-order valence-electron chi connectivity index (χ4n) is 2.94. The summed E-state index contributed by atoms with van der Waals surface area (Å²) in [4.78, 5) is 5.64. The first kappa shape index (κ1) is 14.0. The topological polar surface area (TPSA) is 32.5 Å². The van der Waals surface area contributed by atoms with Crippen LogP contribution in [0, 0.1) is 5.92 Å². The molecule has 0 spiro atoms. The molecule has 0 aromatic heterocycles. The third-order valence-electron chi connectivity index (χ3n) is 4.36. The zero-order chi connectivity index (χ0) is 13.9. The van der Waals surface area contributed by atoms with Crippen LogP contribution in [0.3, 0.4) is 0 Å². The molecule has 2 aliphatic rings. The van der Waals surface area contributed by atoms with E-state index in [0.29, 0.717) is 4.99 Å². The first-order valence-corrected chi connectivity index (χ1v) is 7.95. The van der Waals surface area contributed by atoms with Gasteiger partial charge in [-0.05, 0) is 24.3 Å². The molecule has 4 heteroatoms. The number of benzene rings is 1. The SMILES string of the molecule is NC(=S)c1ccccc1CN1CCN(CC2CC2)CC1. The highest BCUT2D eigenvalue weighted by Crippen LogP contribution is 2.30. The Labute approximate surface area is 126 Å². The van der Waals surface area contributed by atoms with Gasteiger partial charge < -0.3 is 10.6 Å². The first-order valence-electron chi connectivity index (χ1n) is 7.55. The molecule has 1 aromatic rings. The molecule has 1 saturated heterocycles. The lowest BCUT2D eigenvalue weighted by Crippen LogP contribution is -2.46. The molecule has 1 aromatic carbocycles. The Balaban J connectivity index is 1.55. The lowest BCUT2D eigenvalue weighted by molar-refractivity contribution is 0.123. The van der Waals surface area contributed by atoms with Gasteiger partial charge in [-0.15, -0.1) is 0 Å². The van der Waals surface area contributed by atoms with Crippen molar-refractivity contribution in [2.75, 3.05) is 32.7 Å². The molecule has 3 nitrogen and oxygen atoms in total. The summed E-state index contributed by atoms with van der Waals surface area (Å²) in [6.07, 6.45) is 2.89. The Morgan fingerprint density at radius 1 is 1.10 bits per heavy atom. The Hall–Kier alpha value is -0.970. The molecular formula is C16H23N3S. The monoisotopic (exact) mass is 289 g/mol. The second kappa shape index (κ2) is 6.20. The number of nitrogens with two attached hydrogens (primary N) is 1. The van der Waals surface area contributed by atoms with Gasteiger partial charge in [0.15, 0.2) is 0 Å². The van der Waals surface area contributed by atoms with Gasteiger partial charge >= 0.3 is 0 Å². The molecule has 1 aliphatic heterocycles. The predicted molar refractivity (Wildman–Crippen MR) is 86.8 cm³/mol. The largest absolute Gasteiger partial charge is 0.389 e. The molecule has 0 atom stereocenters. The van der Waals surface area contributed by atoms with E-state index in [0.717, 1.165) is 31.1 Å². The van der Waals surface area contributed by atoms with Crippen molar-refractivity contribution in [3.8, 4) is 0 Å². The summed E-state index contributed by atoms with van der Waals surface area (Å²) < 4.78 is 0. The van der Waals surface area contributed by atoms with Crippen molar-refractivity contribution in [3.63, 3.8) is 0 Å². The molecule has 2 N–H and O–H groups in total. The molecule has 1 heterocycles. The maximum Gasteiger partial charge on any atom is 0.104 e. The molecule has 0 radical (unpaired) electrons. The summed E-state index contributed by atoms with van der Waals surface area (Å²) in [5.74, 6) is 0.997. The van der Waals surface area contributed by atoms with E-state index >= 15 is 0 Å². The number of hydrogen-bond acceptors (Lipinski definition) is 3. The summed E-state index contributed by atoms with van der Waals surface area (Å²) >= 11 is 5.14. The smallest absolute Gasteiger partial charge is 0.104 e. The quantitative estimate of drug-likeness (QED) is 0.839. The normalized spacial score (nSPS) is 21.0. The van der Waals surface area contributed by atoms with E-state index in [2.05, 4.69) is 21.9 Å². The van der Waals surface area contributed by atoms with Crippen LogP contribution in [0.5, 0.6) is 0 Å². The molecule has 0 amide bonds. The Kier molecular flexibility index (Phi) is 4.34.